The van der Waals surface area contributed by atoms with Gasteiger partial charge in [0.1, 0.15) is 5.82 Å². The molecule has 17 heavy (non-hydrogen) atoms. The first-order valence-electron chi connectivity index (χ1n) is 6.70. The second-order valence-corrected chi connectivity index (χ2v) is 4.93. The van der Waals surface area contributed by atoms with Crippen molar-refractivity contribution >= 4 is 5.69 Å². The van der Waals surface area contributed by atoms with E-state index in [1.807, 2.05) is 6.20 Å². The molecule has 1 aliphatic carbocycles. The first-order valence-corrected chi connectivity index (χ1v) is 6.70. The van der Waals surface area contributed by atoms with E-state index in [2.05, 4.69) is 22.1 Å². The molecule has 0 atom stereocenters. The number of nitrogens with zero attached hydrogens (tertiary/aromatic N) is 3. The van der Waals surface area contributed by atoms with E-state index < -0.39 is 0 Å². The van der Waals surface area contributed by atoms with Crippen LogP contribution < -0.4 is 10.2 Å². The molecule has 0 amide bonds. The van der Waals surface area contributed by atoms with Crippen molar-refractivity contribution in [2.24, 2.45) is 0 Å². The topological polar surface area (TPSA) is 41.1 Å². The second-order valence-electron chi connectivity index (χ2n) is 4.93. The van der Waals surface area contributed by atoms with Gasteiger partial charge in [-0.1, -0.05) is 6.92 Å². The zero-order chi connectivity index (χ0) is 11.7. The molecule has 2 aliphatic rings. The van der Waals surface area contributed by atoms with Crippen molar-refractivity contribution in [3.05, 3.63) is 17.7 Å². The van der Waals surface area contributed by atoms with Crippen molar-refractivity contribution in [1.29, 1.82) is 0 Å². The van der Waals surface area contributed by atoms with Gasteiger partial charge in [-0.2, -0.15) is 0 Å². The molecule has 0 bridgehead atoms. The summed E-state index contributed by atoms with van der Waals surface area (Å²) in [5, 5.41) is 3.38. The smallest absolute Gasteiger partial charge is 0.131 e. The molecule has 0 spiro atoms. The predicted octanol–water partition coefficient (Wildman–Crippen LogP) is 1.33. The highest BCUT2D eigenvalue weighted by atomic mass is 15.2. The Kier molecular flexibility index (Phi) is 2.97. The van der Waals surface area contributed by atoms with Crippen molar-refractivity contribution in [1.82, 2.24) is 15.3 Å². The number of aryl methyl sites for hydroxylation is 1. The van der Waals surface area contributed by atoms with Crippen LogP contribution in [0.1, 0.15) is 37.2 Å². The van der Waals surface area contributed by atoms with E-state index in [1.54, 1.807) is 0 Å². The minimum Gasteiger partial charge on any atom is -0.366 e. The summed E-state index contributed by atoms with van der Waals surface area (Å²) in [6, 6.07) is 0. The Bertz CT molecular complexity index is 394. The molecule has 1 aromatic heterocycles. The molecule has 2 fully saturated rings. The van der Waals surface area contributed by atoms with E-state index in [-0.39, 0.29) is 0 Å². The zero-order valence-corrected chi connectivity index (χ0v) is 10.4. The maximum atomic E-state index is 4.76. The second kappa shape index (κ2) is 4.61. The Balaban J connectivity index is 1.86. The van der Waals surface area contributed by atoms with Crippen LogP contribution in [0.5, 0.6) is 0 Å². The maximum absolute atomic E-state index is 4.76. The molecule has 3 rings (SSSR count). The lowest BCUT2D eigenvalue weighted by Crippen LogP contribution is -2.44. The van der Waals surface area contributed by atoms with Gasteiger partial charge in [-0.05, 0) is 19.3 Å². The molecular weight excluding hydrogens is 212 g/mol. The third kappa shape index (κ3) is 2.27. The number of anilines is 1. The van der Waals surface area contributed by atoms with Gasteiger partial charge in [0.05, 0.1) is 17.6 Å². The Morgan fingerprint density at radius 2 is 2.12 bits per heavy atom. The molecule has 1 aliphatic heterocycles. The Morgan fingerprint density at radius 1 is 1.35 bits per heavy atom. The maximum Gasteiger partial charge on any atom is 0.131 e. The zero-order valence-electron chi connectivity index (χ0n) is 10.4. The summed E-state index contributed by atoms with van der Waals surface area (Å²) in [4.78, 5) is 11.7. The van der Waals surface area contributed by atoms with Crippen LogP contribution in [-0.2, 0) is 6.42 Å². The first kappa shape index (κ1) is 11.0. The summed E-state index contributed by atoms with van der Waals surface area (Å²) >= 11 is 0. The standard InChI is InChI=1S/C13H20N4/c1-2-11-12(17-7-5-14-6-8-17)9-15-13(16-11)10-3-4-10/h9-10,14H,2-8H2,1H3. The quantitative estimate of drug-likeness (QED) is 0.853. The Hall–Kier alpha value is -1.16. The summed E-state index contributed by atoms with van der Waals surface area (Å²) < 4.78 is 0. The van der Waals surface area contributed by atoms with E-state index in [0.29, 0.717) is 5.92 Å². The van der Waals surface area contributed by atoms with E-state index in [4.69, 9.17) is 4.98 Å². The Labute approximate surface area is 102 Å². The molecule has 0 aromatic carbocycles. The average molecular weight is 232 g/mol. The molecule has 1 saturated heterocycles. The lowest BCUT2D eigenvalue weighted by molar-refractivity contribution is 0.585. The lowest BCUT2D eigenvalue weighted by Gasteiger charge is -2.30. The molecule has 0 radical (unpaired) electrons. The number of piperazine rings is 1. The molecular formula is C13H20N4. The van der Waals surface area contributed by atoms with E-state index in [0.717, 1.165) is 38.4 Å². The largest absolute Gasteiger partial charge is 0.366 e. The van der Waals surface area contributed by atoms with Gasteiger partial charge >= 0.3 is 0 Å². The van der Waals surface area contributed by atoms with Crippen molar-refractivity contribution in [2.45, 2.75) is 32.1 Å². The van der Waals surface area contributed by atoms with E-state index in [9.17, 15) is 0 Å². The van der Waals surface area contributed by atoms with E-state index in [1.165, 1.54) is 24.2 Å². The normalized spacial score (nSPS) is 20.6. The molecule has 4 nitrogen and oxygen atoms in total. The van der Waals surface area contributed by atoms with Crippen LogP contribution in [0.2, 0.25) is 0 Å². The third-order valence-corrected chi connectivity index (χ3v) is 3.60. The summed E-state index contributed by atoms with van der Waals surface area (Å²) in [7, 11) is 0. The molecule has 92 valence electrons. The van der Waals surface area contributed by atoms with E-state index >= 15 is 0 Å². The van der Waals surface area contributed by atoms with Gasteiger partial charge in [-0.25, -0.2) is 9.97 Å². The van der Waals surface area contributed by atoms with Crippen LogP contribution in [0.4, 0.5) is 5.69 Å². The summed E-state index contributed by atoms with van der Waals surface area (Å²) in [6.07, 6.45) is 5.60. The molecule has 1 saturated carbocycles. The number of hydrogen-bond acceptors (Lipinski definition) is 4. The van der Waals surface area contributed by atoms with Crippen molar-refractivity contribution in [3.8, 4) is 0 Å². The van der Waals surface area contributed by atoms with Gasteiger partial charge in [-0.3, -0.25) is 0 Å². The molecule has 4 heteroatoms. The molecule has 1 aromatic rings. The van der Waals surface area contributed by atoms with Crippen molar-refractivity contribution in [2.75, 3.05) is 31.1 Å². The van der Waals surface area contributed by atoms with Crippen LogP contribution in [0.3, 0.4) is 0 Å². The first-order chi connectivity index (χ1) is 8.38. The number of rotatable bonds is 3. The molecule has 2 heterocycles. The van der Waals surface area contributed by atoms with Crippen molar-refractivity contribution in [3.63, 3.8) is 0 Å². The molecule has 1 N–H and O–H groups in total. The Morgan fingerprint density at radius 3 is 2.76 bits per heavy atom. The highest BCUT2D eigenvalue weighted by molar-refractivity contribution is 5.49. The van der Waals surface area contributed by atoms with Gasteiger partial charge in [0, 0.05) is 32.1 Å². The van der Waals surface area contributed by atoms with Crippen LogP contribution in [0.15, 0.2) is 6.20 Å². The highest BCUT2D eigenvalue weighted by Gasteiger charge is 2.27. The number of aromatic nitrogens is 2. The van der Waals surface area contributed by atoms with Crippen molar-refractivity contribution < 1.29 is 0 Å². The fraction of sp³-hybridized carbons (Fsp3) is 0.692. The summed E-state index contributed by atoms with van der Waals surface area (Å²) in [5.41, 5.74) is 2.47. The number of nitrogens with one attached hydrogen (secondary N) is 1. The minimum absolute atomic E-state index is 0.650. The predicted molar refractivity (Wildman–Crippen MR) is 68.5 cm³/mol. The SMILES string of the molecule is CCc1nc(C2CC2)ncc1N1CCNCC1. The van der Waals surface area contributed by atoms with Gasteiger partial charge in [0.2, 0.25) is 0 Å². The summed E-state index contributed by atoms with van der Waals surface area (Å²) in [6.45, 7) is 6.45. The average Bonchev–Trinajstić information content (AvgIpc) is 3.23. The fourth-order valence-corrected chi connectivity index (χ4v) is 2.39. The third-order valence-electron chi connectivity index (χ3n) is 3.60. The minimum atomic E-state index is 0.650. The molecule has 0 unspecified atom stereocenters. The van der Waals surface area contributed by atoms with Gasteiger partial charge < -0.3 is 10.2 Å². The van der Waals surface area contributed by atoms with Gasteiger partial charge in [0.15, 0.2) is 0 Å². The lowest BCUT2D eigenvalue weighted by atomic mass is 10.2. The van der Waals surface area contributed by atoms with Crippen LogP contribution in [0, 0.1) is 0 Å². The monoisotopic (exact) mass is 232 g/mol. The van der Waals surface area contributed by atoms with Gasteiger partial charge in [0.25, 0.3) is 0 Å². The van der Waals surface area contributed by atoms with Crippen LogP contribution in [0.25, 0.3) is 0 Å². The number of hydrogen-bond donors (Lipinski definition) is 1. The highest BCUT2D eigenvalue weighted by Crippen LogP contribution is 2.38. The van der Waals surface area contributed by atoms with Gasteiger partial charge in [-0.15, -0.1) is 0 Å². The summed E-state index contributed by atoms with van der Waals surface area (Å²) in [5.74, 6) is 1.72. The fourth-order valence-electron chi connectivity index (χ4n) is 2.39. The van der Waals surface area contributed by atoms with Crippen LogP contribution >= 0.6 is 0 Å². The van der Waals surface area contributed by atoms with Crippen LogP contribution in [-0.4, -0.2) is 36.1 Å².